The Morgan fingerprint density at radius 3 is 2.57 bits per heavy atom. The molecule has 1 aromatic carbocycles. The third-order valence-corrected chi connectivity index (χ3v) is 3.58. The highest BCUT2D eigenvalue weighted by Gasteiger charge is 2.39. The van der Waals surface area contributed by atoms with Crippen molar-refractivity contribution >= 4 is 5.91 Å². The molecule has 6 heteroatoms. The summed E-state index contributed by atoms with van der Waals surface area (Å²) in [6, 6.07) is 8.38. The van der Waals surface area contributed by atoms with Crippen LogP contribution in [-0.4, -0.2) is 17.4 Å². The first kappa shape index (κ1) is 13.7. The lowest BCUT2D eigenvalue weighted by atomic mass is 9.99. The van der Waals surface area contributed by atoms with Gasteiger partial charge in [0.1, 0.15) is 5.56 Å². The van der Waals surface area contributed by atoms with E-state index in [1.807, 2.05) is 24.3 Å². The van der Waals surface area contributed by atoms with Crippen LogP contribution >= 0.6 is 0 Å². The molecule has 2 heterocycles. The van der Waals surface area contributed by atoms with Gasteiger partial charge in [0.25, 0.3) is 5.91 Å². The van der Waals surface area contributed by atoms with Gasteiger partial charge in [-0.1, -0.05) is 24.3 Å². The molecule has 3 nitrogen and oxygen atoms in total. The molecule has 0 saturated heterocycles. The summed E-state index contributed by atoms with van der Waals surface area (Å²) in [4.78, 5) is 13.7. The van der Waals surface area contributed by atoms with Gasteiger partial charge in [0.2, 0.25) is 5.76 Å². The van der Waals surface area contributed by atoms with E-state index in [9.17, 15) is 18.0 Å². The van der Waals surface area contributed by atoms with Crippen LogP contribution in [0.1, 0.15) is 27.2 Å². The highest BCUT2D eigenvalue weighted by Crippen LogP contribution is 2.33. The molecular formula is C15H12F3NO2. The van der Waals surface area contributed by atoms with E-state index < -0.39 is 23.4 Å². The van der Waals surface area contributed by atoms with Crippen molar-refractivity contribution in [2.45, 2.75) is 19.1 Å². The molecule has 2 aromatic rings. The number of benzene rings is 1. The number of rotatable bonds is 1. The zero-order valence-corrected chi connectivity index (χ0v) is 11.0. The Bertz CT molecular complexity index is 676. The number of nitrogens with zero attached hydrogens (tertiary/aromatic N) is 1. The van der Waals surface area contributed by atoms with Crippen LogP contribution in [0.2, 0.25) is 0 Å². The predicted octanol–water partition coefficient (Wildman–Crippen LogP) is 3.50. The summed E-state index contributed by atoms with van der Waals surface area (Å²) in [6.07, 6.45) is -3.07. The lowest BCUT2D eigenvalue weighted by Crippen LogP contribution is -2.36. The smallest absolute Gasteiger partial charge is 0.420 e. The van der Waals surface area contributed by atoms with Gasteiger partial charge in [-0.3, -0.25) is 4.79 Å². The van der Waals surface area contributed by atoms with E-state index in [1.165, 1.54) is 4.90 Å². The Hall–Kier alpha value is -2.24. The van der Waals surface area contributed by atoms with Crippen molar-refractivity contribution in [1.82, 2.24) is 4.90 Å². The number of halogens is 3. The summed E-state index contributed by atoms with van der Waals surface area (Å²) in [5.41, 5.74) is 1.06. The van der Waals surface area contributed by atoms with Crippen LogP contribution in [0.3, 0.4) is 0 Å². The average molecular weight is 295 g/mol. The minimum atomic E-state index is -4.59. The Labute approximate surface area is 119 Å². The minimum Gasteiger partial charge on any atom is -0.459 e. The summed E-state index contributed by atoms with van der Waals surface area (Å²) in [5.74, 6) is -1.36. The van der Waals surface area contributed by atoms with E-state index in [2.05, 4.69) is 0 Å². The minimum absolute atomic E-state index is 0.299. The van der Waals surface area contributed by atoms with Crippen molar-refractivity contribution in [3.63, 3.8) is 0 Å². The van der Waals surface area contributed by atoms with Crippen molar-refractivity contribution in [2.24, 2.45) is 0 Å². The molecule has 1 aromatic heterocycles. The van der Waals surface area contributed by atoms with Gasteiger partial charge in [-0.15, -0.1) is 0 Å². The summed E-state index contributed by atoms with van der Waals surface area (Å²) >= 11 is 0. The van der Waals surface area contributed by atoms with E-state index in [4.69, 9.17) is 4.42 Å². The van der Waals surface area contributed by atoms with Crippen LogP contribution in [0.5, 0.6) is 0 Å². The zero-order valence-electron chi connectivity index (χ0n) is 11.0. The maximum Gasteiger partial charge on any atom is 0.420 e. The Balaban J connectivity index is 1.86. The van der Waals surface area contributed by atoms with Crippen molar-refractivity contribution in [2.75, 3.05) is 6.54 Å². The summed E-state index contributed by atoms with van der Waals surface area (Å²) in [6.45, 7) is 0.681. The van der Waals surface area contributed by atoms with Crippen LogP contribution in [0.4, 0.5) is 13.2 Å². The van der Waals surface area contributed by atoms with Crippen LogP contribution in [0.15, 0.2) is 41.0 Å². The SMILES string of the molecule is O=C(c1occc1C(F)(F)F)N1CCc2ccccc2C1. The van der Waals surface area contributed by atoms with Crippen molar-refractivity contribution < 1.29 is 22.4 Å². The largest absolute Gasteiger partial charge is 0.459 e. The number of amides is 1. The number of hydrogen-bond donors (Lipinski definition) is 0. The number of furan rings is 1. The highest BCUT2D eigenvalue weighted by molar-refractivity contribution is 5.93. The van der Waals surface area contributed by atoms with Crippen LogP contribution < -0.4 is 0 Å². The standard InChI is InChI=1S/C15H12F3NO2/c16-15(17,18)12-6-8-21-13(12)14(20)19-7-5-10-3-1-2-4-11(10)9-19/h1-4,6,8H,5,7,9H2. The van der Waals surface area contributed by atoms with Crippen molar-refractivity contribution in [1.29, 1.82) is 0 Å². The maximum absolute atomic E-state index is 12.8. The molecule has 0 atom stereocenters. The fourth-order valence-electron chi connectivity index (χ4n) is 2.51. The fraction of sp³-hybridized carbons (Fsp3) is 0.267. The number of hydrogen-bond acceptors (Lipinski definition) is 2. The van der Waals surface area contributed by atoms with E-state index in [0.717, 1.165) is 23.5 Å². The number of alkyl halides is 3. The monoisotopic (exact) mass is 295 g/mol. The topological polar surface area (TPSA) is 33.5 Å². The second kappa shape index (κ2) is 4.95. The Morgan fingerprint density at radius 2 is 1.86 bits per heavy atom. The molecule has 1 aliphatic heterocycles. The average Bonchev–Trinajstić information content (AvgIpc) is 2.95. The van der Waals surface area contributed by atoms with Crippen LogP contribution in [-0.2, 0) is 19.1 Å². The van der Waals surface area contributed by atoms with Gasteiger partial charge in [0.15, 0.2) is 0 Å². The van der Waals surface area contributed by atoms with Gasteiger partial charge >= 0.3 is 6.18 Å². The van der Waals surface area contributed by atoms with E-state index in [0.29, 0.717) is 19.5 Å². The Kier molecular flexibility index (Phi) is 3.23. The first-order chi connectivity index (χ1) is 9.97. The summed E-state index contributed by atoms with van der Waals surface area (Å²) in [5, 5.41) is 0. The Morgan fingerprint density at radius 1 is 1.14 bits per heavy atom. The molecule has 0 saturated carbocycles. The number of carbonyl (C=O) groups is 1. The molecule has 0 fully saturated rings. The zero-order chi connectivity index (χ0) is 15.0. The summed E-state index contributed by atoms with van der Waals surface area (Å²) in [7, 11) is 0. The molecule has 110 valence electrons. The third-order valence-electron chi connectivity index (χ3n) is 3.58. The molecule has 0 aliphatic carbocycles. The lowest BCUT2D eigenvalue weighted by molar-refractivity contribution is -0.138. The second-order valence-electron chi connectivity index (χ2n) is 4.91. The van der Waals surface area contributed by atoms with E-state index in [-0.39, 0.29) is 0 Å². The highest BCUT2D eigenvalue weighted by atomic mass is 19.4. The fourth-order valence-corrected chi connectivity index (χ4v) is 2.51. The molecule has 0 N–H and O–H groups in total. The molecular weight excluding hydrogens is 283 g/mol. The van der Waals surface area contributed by atoms with Crippen LogP contribution in [0.25, 0.3) is 0 Å². The van der Waals surface area contributed by atoms with Gasteiger partial charge in [0.05, 0.1) is 6.26 Å². The normalized spacial score (nSPS) is 14.9. The molecule has 0 bridgehead atoms. The quantitative estimate of drug-likeness (QED) is 0.807. The van der Waals surface area contributed by atoms with Crippen molar-refractivity contribution in [3.05, 3.63) is 59.0 Å². The molecule has 21 heavy (non-hydrogen) atoms. The van der Waals surface area contributed by atoms with Gasteiger partial charge in [-0.25, -0.2) is 0 Å². The number of fused-ring (bicyclic) bond motifs is 1. The number of carbonyl (C=O) groups excluding carboxylic acids is 1. The molecule has 3 rings (SSSR count). The van der Waals surface area contributed by atoms with Gasteiger partial charge in [-0.2, -0.15) is 13.2 Å². The molecule has 1 aliphatic rings. The first-order valence-electron chi connectivity index (χ1n) is 6.47. The molecule has 0 spiro atoms. The molecule has 0 radical (unpaired) electrons. The van der Waals surface area contributed by atoms with E-state index in [1.54, 1.807) is 0 Å². The third kappa shape index (κ3) is 2.53. The second-order valence-corrected chi connectivity index (χ2v) is 4.91. The predicted molar refractivity (Wildman–Crippen MR) is 68.6 cm³/mol. The van der Waals surface area contributed by atoms with Gasteiger partial charge in [0, 0.05) is 13.1 Å². The maximum atomic E-state index is 12.8. The van der Waals surface area contributed by atoms with E-state index >= 15 is 0 Å². The van der Waals surface area contributed by atoms with Crippen molar-refractivity contribution in [3.8, 4) is 0 Å². The van der Waals surface area contributed by atoms with Crippen LogP contribution in [0, 0.1) is 0 Å². The first-order valence-corrected chi connectivity index (χ1v) is 6.47. The lowest BCUT2D eigenvalue weighted by Gasteiger charge is -2.28. The van der Waals surface area contributed by atoms with Gasteiger partial charge < -0.3 is 9.32 Å². The summed E-state index contributed by atoms with van der Waals surface area (Å²) < 4.78 is 43.2. The molecule has 0 unspecified atom stereocenters. The van der Waals surface area contributed by atoms with Gasteiger partial charge in [-0.05, 0) is 23.6 Å². The molecule has 1 amide bonds.